The van der Waals surface area contributed by atoms with Crippen LogP contribution in [0, 0.1) is 0 Å². The van der Waals surface area contributed by atoms with Crippen molar-refractivity contribution < 1.29 is 4.74 Å². The molecular formula is C24H22BrN3OS2. The fourth-order valence-electron chi connectivity index (χ4n) is 2.99. The van der Waals surface area contributed by atoms with Gasteiger partial charge in [-0.25, -0.2) is 9.97 Å². The summed E-state index contributed by atoms with van der Waals surface area (Å²) in [4.78, 5) is 10.3. The fraction of sp³-hybridized carbons (Fsp3) is 0.167. The zero-order valence-corrected chi connectivity index (χ0v) is 20.3. The summed E-state index contributed by atoms with van der Waals surface area (Å²) in [5.41, 5.74) is 3.67. The molecule has 158 valence electrons. The lowest BCUT2D eigenvalue weighted by molar-refractivity contribution is 0.414. The van der Waals surface area contributed by atoms with Gasteiger partial charge >= 0.3 is 0 Å². The molecule has 4 aromatic rings. The normalized spacial score (nSPS) is 10.8. The van der Waals surface area contributed by atoms with Crippen molar-refractivity contribution in [3.63, 3.8) is 0 Å². The average molecular weight is 512 g/mol. The first kappa shape index (κ1) is 21.9. The fourth-order valence-corrected chi connectivity index (χ4v) is 5.20. The average Bonchev–Trinajstić information content (AvgIpc) is 3.26. The van der Waals surface area contributed by atoms with Gasteiger partial charge in [0.25, 0.3) is 0 Å². The van der Waals surface area contributed by atoms with Gasteiger partial charge in [-0.1, -0.05) is 42.5 Å². The summed E-state index contributed by atoms with van der Waals surface area (Å²) in [6.07, 6.45) is 3.76. The molecule has 0 aliphatic heterocycles. The van der Waals surface area contributed by atoms with E-state index in [9.17, 15) is 0 Å². The van der Waals surface area contributed by atoms with E-state index >= 15 is 0 Å². The van der Waals surface area contributed by atoms with Gasteiger partial charge in [-0.3, -0.25) is 0 Å². The van der Waals surface area contributed by atoms with E-state index in [0.29, 0.717) is 0 Å². The highest BCUT2D eigenvalue weighted by atomic mass is 79.9. The third-order valence-electron chi connectivity index (χ3n) is 4.67. The summed E-state index contributed by atoms with van der Waals surface area (Å²) in [5, 5.41) is 6.33. The minimum Gasteiger partial charge on any atom is -0.497 e. The molecule has 0 fully saturated rings. The molecule has 0 amide bonds. The van der Waals surface area contributed by atoms with Crippen molar-refractivity contribution in [2.45, 2.75) is 23.5 Å². The number of hydrogen-bond acceptors (Lipinski definition) is 6. The van der Waals surface area contributed by atoms with Crippen LogP contribution in [0.25, 0.3) is 0 Å². The molecule has 1 N–H and O–H groups in total. The lowest BCUT2D eigenvalue weighted by Gasteiger charge is -2.08. The van der Waals surface area contributed by atoms with Crippen LogP contribution in [-0.2, 0) is 18.6 Å². The third kappa shape index (κ3) is 6.32. The first-order chi connectivity index (χ1) is 15.2. The van der Waals surface area contributed by atoms with Crippen molar-refractivity contribution in [1.82, 2.24) is 9.97 Å². The van der Waals surface area contributed by atoms with Crippen LogP contribution in [0.2, 0.25) is 0 Å². The largest absolute Gasteiger partial charge is 0.497 e. The van der Waals surface area contributed by atoms with Gasteiger partial charge < -0.3 is 10.1 Å². The second kappa shape index (κ2) is 10.8. The summed E-state index contributed by atoms with van der Waals surface area (Å²) in [6, 6.07) is 20.7. The Balaban J connectivity index is 1.36. The Morgan fingerprint density at radius 3 is 2.61 bits per heavy atom. The number of thiazole rings is 1. The highest BCUT2D eigenvalue weighted by Crippen LogP contribution is 2.32. The summed E-state index contributed by atoms with van der Waals surface area (Å²) >= 11 is 6.99. The second-order valence-electron chi connectivity index (χ2n) is 6.89. The number of benzene rings is 2. The van der Waals surface area contributed by atoms with Crippen molar-refractivity contribution in [3.8, 4) is 5.75 Å². The number of aryl methyl sites for hydroxylation is 2. The third-order valence-corrected chi connectivity index (χ3v) is 7.50. The van der Waals surface area contributed by atoms with E-state index in [-0.39, 0.29) is 0 Å². The summed E-state index contributed by atoms with van der Waals surface area (Å²) in [5.74, 6) is 2.54. The highest BCUT2D eigenvalue weighted by Gasteiger charge is 2.08. The number of anilines is 2. The first-order valence-corrected chi connectivity index (χ1v) is 12.5. The minimum absolute atomic E-state index is 0.796. The van der Waals surface area contributed by atoms with Crippen molar-refractivity contribution in [3.05, 3.63) is 93.5 Å². The van der Waals surface area contributed by atoms with E-state index in [1.165, 1.54) is 11.1 Å². The van der Waals surface area contributed by atoms with Gasteiger partial charge in [0.1, 0.15) is 11.6 Å². The van der Waals surface area contributed by atoms with Crippen LogP contribution in [0.4, 0.5) is 10.9 Å². The molecule has 4 nitrogen and oxygen atoms in total. The van der Waals surface area contributed by atoms with Gasteiger partial charge in [0.15, 0.2) is 5.13 Å². The monoisotopic (exact) mass is 511 g/mol. The number of methoxy groups -OCH3 is 1. The van der Waals surface area contributed by atoms with Crippen LogP contribution in [0.5, 0.6) is 5.75 Å². The summed E-state index contributed by atoms with van der Waals surface area (Å²) in [7, 11) is 1.68. The Labute approximate surface area is 199 Å². The van der Waals surface area contributed by atoms with Crippen LogP contribution >= 0.6 is 39.0 Å². The highest BCUT2D eigenvalue weighted by molar-refractivity contribution is 9.10. The SMILES string of the molecule is COc1ccc(CSc2cc(Nc3nc(CCc4ccccc4)cs3)ncc2Br)cc1. The quantitative estimate of drug-likeness (QED) is 0.242. The minimum atomic E-state index is 0.796. The molecule has 2 heterocycles. The molecule has 31 heavy (non-hydrogen) atoms. The number of ether oxygens (including phenoxy) is 1. The van der Waals surface area contributed by atoms with Crippen LogP contribution < -0.4 is 10.1 Å². The van der Waals surface area contributed by atoms with Gasteiger partial charge in [0.2, 0.25) is 0 Å². The number of nitrogens with zero attached hydrogens (tertiary/aromatic N) is 2. The van der Waals surface area contributed by atoms with Crippen molar-refractivity contribution in [2.75, 3.05) is 12.4 Å². The second-order valence-corrected chi connectivity index (χ2v) is 9.62. The molecule has 0 unspecified atom stereocenters. The predicted octanol–water partition coefficient (Wildman–Crippen LogP) is 7.13. The van der Waals surface area contributed by atoms with Gasteiger partial charge in [-0.2, -0.15) is 0 Å². The van der Waals surface area contributed by atoms with Crippen molar-refractivity contribution in [1.29, 1.82) is 0 Å². The summed E-state index contributed by atoms with van der Waals surface area (Å²) in [6.45, 7) is 0. The molecule has 0 radical (unpaired) electrons. The van der Waals surface area contributed by atoms with E-state index < -0.39 is 0 Å². The van der Waals surface area contributed by atoms with Crippen LogP contribution in [-0.4, -0.2) is 17.1 Å². The van der Waals surface area contributed by atoms with E-state index in [1.807, 2.05) is 24.4 Å². The molecule has 7 heteroatoms. The number of hydrogen-bond donors (Lipinski definition) is 1. The smallest absolute Gasteiger partial charge is 0.188 e. The van der Waals surface area contributed by atoms with Crippen molar-refractivity contribution in [2.24, 2.45) is 0 Å². The predicted molar refractivity (Wildman–Crippen MR) is 134 cm³/mol. The van der Waals surface area contributed by atoms with Gasteiger partial charge in [-0.15, -0.1) is 23.1 Å². The number of pyridine rings is 1. The molecule has 2 aromatic heterocycles. The van der Waals surface area contributed by atoms with E-state index in [4.69, 9.17) is 9.72 Å². The van der Waals surface area contributed by atoms with Gasteiger partial charge in [0, 0.05) is 26.7 Å². The van der Waals surface area contributed by atoms with Gasteiger partial charge in [0.05, 0.1) is 12.8 Å². The topological polar surface area (TPSA) is 47.0 Å². The zero-order chi connectivity index (χ0) is 21.5. The molecule has 0 saturated carbocycles. The Morgan fingerprint density at radius 2 is 1.84 bits per heavy atom. The molecule has 0 aliphatic rings. The molecule has 0 spiro atoms. The number of rotatable bonds is 9. The zero-order valence-electron chi connectivity index (χ0n) is 17.0. The van der Waals surface area contributed by atoms with Crippen LogP contribution in [0.3, 0.4) is 0 Å². The standard InChI is InChI=1S/C24H22BrN3OS2/c1-29-20-11-8-18(9-12-20)15-30-22-13-23(26-14-21(22)25)28-24-27-19(16-31-24)10-7-17-5-3-2-4-6-17/h2-6,8-9,11-14,16H,7,10,15H2,1H3,(H,26,27,28). The Kier molecular flexibility index (Phi) is 7.61. The van der Waals surface area contributed by atoms with Crippen LogP contribution in [0.1, 0.15) is 16.8 Å². The lowest BCUT2D eigenvalue weighted by Crippen LogP contribution is -1.95. The van der Waals surface area contributed by atoms with Crippen LogP contribution in [0.15, 0.2) is 81.6 Å². The molecule has 0 bridgehead atoms. The molecule has 0 atom stereocenters. The maximum Gasteiger partial charge on any atom is 0.188 e. The maximum atomic E-state index is 5.23. The number of aromatic nitrogens is 2. The summed E-state index contributed by atoms with van der Waals surface area (Å²) < 4.78 is 6.21. The number of thioether (sulfide) groups is 1. The van der Waals surface area contributed by atoms with E-state index in [2.05, 4.69) is 74.1 Å². The lowest BCUT2D eigenvalue weighted by atomic mass is 10.1. The Bertz CT molecular complexity index is 1120. The van der Waals surface area contributed by atoms with Crippen molar-refractivity contribution >= 4 is 50.0 Å². The number of nitrogens with one attached hydrogen (secondary N) is 1. The first-order valence-electron chi connectivity index (χ1n) is 9.86. The number of halogens is 1. The van der Waals surface area contributed by atoms with Gasteiger partial charge in [-0.05, 0) is 58.1 Å². The molecule has 0 saturated heterocycles. The molecule has 4 rings (SSSR count). The molecular weight excluding hydrogens is 490 g/mol. The van der Waals surface area contributed by atoms with E-state index in [0.717, 1.165) is 50.4 Å². The van der Waals surface area contributed by atoms with E-state index in [1.54, 1.807) is 30.2 Å². The molecule has 0 aliphatic carbocycles. The molecule has 2 aromatic carbocycles. The Hall–Kier alpha value is -2.35. The Morgan fingerprint density at radius 1 is 1.03 bits per heavy atom. The maximum absolute atomic E-state index is 5.23.